The Labute approximate surface area is 151 Å². The summed E-state index contributed by atoms with van der Waals surface area (Å²) in [5, 5.41) is 11.8. The molecule has 0 radical (unpaired) electrons. The fraction of sp³-hybridized carbons (Fsp3) is 0.421. The third-order valence-corrected chi connectivity index (χ3v) is 4.44. The number of likely N-dealkylation sites (tertiary alicyclic amines) is 1. The molecule has 1 aromatic rings. The van der Waals surface area contributed by atoms with Gasteiger partial charge in [0.15, 0.2) is 0 Å². The molecule has 2 atom stereocenters. The zero-order chi connectivity index (χ0) is 19.1. The van der Waals surface area contributed by atoms with Crippen LogP contribution in [0.3, 0.4) is 0 Å². The highest BCUT2D eigenvalue weighted by molar-refractivity contribution is 5.94. The Balaban J connectivity index is 1.98. The van der Waals surface area contributed by atoms with E-state index in [0.717, 1.165) is 0 Å². The quantitative estimate of drug-likeness (QED) is 0.728. The van der Waals surface area contributed by atoms with E-state index in [1.54, 1.807) is 11.0 Å². The molecule has 6 nitrogen and oxygen atoms in total. The molecule has 0 spiro atoms. The number of halogens is 1. The number of hydrogen-bond acceptors (Lipinski definition) is 3. The van der Waals surface area contributed by atoms with Crippen molar-refractivity contribution in [3.05, 3.63) is 48.3 Å². The van der Waals surface area contributed by atoms with Gasteiger partial charge in [-0.15, -0.1) is 6.58 Å². The van der Waals surface area contributed by atoms with Crippen molar-refractivity contribution < 1.29 is 23.9 Å². The molecule has 2 N–H and O–H groups in total. The van der Waals surface area contributed by atoms with Crippen molar-refractivity contribution >= 4 is 17.8 Å². The van der Waals surface area contributed by atoms with Gasteiger partial charge in [-0.25, -0.2) is 9.18 Å². The van der Waals surface area contributed by atoms with Crippen LogP contribution in [0.15, 0.2) is 36.9 Å². The van der Waals surface area contributed by atoms with Gasteiger partial charge in [-0.1, -0.05) is 6.08 Å². The molecule has 1 aromatic carbocycles. The molecule has 2 rings (SSSR count). The number of benzene rings is 1. The first-order chi connectivity index (χ1) is 12.4. The van der Waals surface area contributed by atoms with Crippen molar-refractivity contribution in [2.45, 2.75) is 31.7 Å². The molecule has 2 unspecified atom stereocenters. The second-order valence-corrected chi connectivity index (χ2v) is 6.36. The number of rotatable bonds is 7. The number of carboxylic acid groups (broad SMARTS) is 1. The van der Waals surface area contributed by atoms with Gasteiger partial charge in [0.2, 0.25) is 5.91 Å². The summed E-state index contributed by atoms with van der Waals surface area (Å²) in [6.45, 7) is 4.28. The van der Waals surface area contributed by atoms with E-state index in [9.17, 15) is 23.9 Å². The van der Waals surface area contributed by atoms with Gasteiger partial charge < -0.3 is 15.3 Å². The lowest BCUT2D eigenvalue weighted by Gasteiger charge is -2.32. The van der Waals surface area contributed by atoms with Gasteiger partial charge in [-0.3, -0.25) is 9.59 Å². The Morgan fingerprint density at radius 2 is 2.04 bits per heavy atom. The van der Waals surface area contributed by atoms with E-state index in [1.165, 1.54) is 24.3 Å². The molecular weight excluding hydrogens is 339 g/mol. The number of aliphatic carboxylic acids is 1. The number of nitrogens with zero attached hydrogens (tertiary/aromatic N) is 1. The smallest absolute Gasteiger partial charge is 0.326 e. The summed E-state index contributed by atoms with van der Waals surface area (Å²) < 4.78 is 13.0. The Bertz CT molecular complexity index is 675. The predicted octanol–water partition coefficient (Wildman–Crippen LogP) is 2.21. The van der Waals surface area contributed by atoms with E-state index < -0.39 is 23.7 Å². The molecular formula is C19H23FN2O4. The summed E-state index contributed by atoms with van der Waals surface area (Å²) in [7, 11) is 0. The van der Waals surface area contributed by atoms with Crippen molar-refractivity contribution in [3.8, 4) is 0 Å². The molecule has 7 heteroatoms. The molecule has 26 heavy (non-hydrogen) atoms. The monoisotopic (exact) mass is 362 g/mol. The van der Waals surface area contributed by atoms with Crippen LogP contribution >= 0.6 is 0 Å². The molecule has 0 aromatic heterocycles. The fourth-order valence-electron chi connectivity index (χ4n) is 2.98. The summed E-state index contributed by atoms with van der Waals surface area (Å²) in [6, 6.07) is 4.30. The predicted molar refractivity (Wildman–Crippen MR) is 94.0 cm³/mol. The molecule has 1 saturated heterocycles. The summed E-state index contributed by atoms with van der Waals surface area (Å²) in [5.41, 5.74) is 0.363. The van der Waals surface area contributed by atoms with E-state index in [2.05, 4.69) is 11.9 Å². The number of allylic oxidation sites excluding steroid dienone is 1. The number of piperidine rings is 1. The molecule has 0 saturated carbocycles. The topological polar surface area (TPSA) is 86.7 Å². The zero-order valence-electron chi connectivity index (χ0n) is 14.5. The summed E-state index contributed by atoms with van der Waals surface area (Å²) in [6.07, 6.45) is 3.60. The minimum atomic E-state index is -1.09. The van der Waals surface area contributed by atoms with Gasteiger partial charge >= 0.3 is 5.97 Å². The Hall–Kier alpha value is -2.70. The van der Waals surface area contributed by atoms with Crippen molar-refractivity contribution in [3.63, 3.8) is 0 Å². The minimum absolute atomic E-state index is 0.218. The Kier molecular flexibility index (Phi) is 6.89. The molecule has 140 valence electrons. The van der Waals surface area contributed by atoms with Gasteiger partial charge in [0, 0.05) is 18.7 Å². The zero-order valence-corrected chi connectivity index (χ0v) is 14.5. The highest BCUT2D eigenvalue weighted by Crippen LogP contribution is 2.19. The van der Waals surface area contributed by atoms with Gasteiger partial charge in [0.05, 0.1) is 5.92 Å². The number of nitrogens with one attached hydrogen (secondary N) is 1. The van der Waals surface area contributed by atoms with Gasteiger partial charge in [0.25, 0.3) is 5.91 Å². The maximum atomic E-state index is 13.0. The normalized spacial score (nSPS) is 18.0. The van der Waals surface area contributed by atoms with Gasteiger partial charge in [-0.05, 0) is 49.9 Å². The van der Waals surface area contributed by atoms with Crippen LogP contribution in [0, 0.1) is 11.7 Å². The van der Waals surface area contributed by atoms with Gasteiger partial charge in [0.1, 0.15) is 11.9 Å². The first kappa shape index (κ1) is 19.6. The van der Waals surface area contributed by atoms with Crippen LogP contribution in [-0.2, 0) is 9.59 Å². The van der Waals surface area contributed by atoms with Crippen molar-refractivity contribution in [1.29, 1.82) is 0 Å². The highest BCUT2D eigenvalue weighted by Gasteiger charge is 2.31. The van der Waals surface area contributed by atoms with Crippen molar-refractivity contribution in [2.24, 2.45) is 5.92 Å². The Morgan fingerprint density at radius 1 is 1.35 bits per heavy atom. The van der Waals surface area contributed by atoms with Crippen molar-refractivity contribution in [1.82, 2.24) is 10.2 Å². The molecule has 1 heterocycles. The molecule has 0 aliphatic carbocycles. The van der Waals surface area contributed by atoms with Crippen LogP contribution < -0.4 is 5.32 Å². The Morgan fingerprint density at radius 3 is 2.65 bits per heavy atom. The minimum Gasteiger partial charge on any atom is -0.480 e. The number of hydrogen-bond donors (Lipinski definition) is 2. The van der Waals surface area contributed by atoms with Crippen LogP contribution in [0.1, 0.15) is 36.0 Å². The third kappa shape index (κ3) is 5.15. The SMILES string of the molecule is C=CCCC(NC(=O)C1CCCN(C(=O)c2ccc(F)cc2)C1)C(=O)O. The van der Waals surface area contributed by atoms with Gasteiger partial charge in [-0.2, -0.15) is 0 Å². The fourth-order valence-corrected chi connectivity index (χ4v) is 2.98. The largest absolute Gasteiger partial charge is 0.480 e. The van der Waals surface area contributed by atoms with Crippen molar-refractivity contribution in [2.75, 3.05) is 13.1 Å². The van der Waals surface area contributed by atoms with E-state index in [-0.39, 0.29) is 24.8 Å². The standard InChI is InChI=1S/C19H23FN2O4/c1-2-3-6-16(19(25)26)21-17(23)14-5-4-11-22(12-14)18(24)13-7-9-15(20)10-8-13/h2,7-10,14,16H,1,3-6,11-12H2,(H,21,23)(H,25,26). The lowest BCUT2D eigenvalue weighted by molar-refractivity contribution is -0.142. The number of carboxylic acids is 1. The van der Waals surface area contributed by atoms with Crippen LogP contribution in [-0.4, -0.2) is 46.9 Å². The average Bonchev–Trinajstić information content (AvgIpc) is 2.64. The van der Waals surface area contributed by atoms with Crippen LogP contribution in [0.2, 0.25) is 0 Å². The summed E-state index contributed by atoms with van der Waals surface area (Å²) in [5.74, 6) is -2.59. The van der Waals surface area contributed by atoms with E-state index in [0.29, 0.717) is 31.4 Å². The van der Waals surface area contributed by atoms with Crippen LogP contribution in [0.25, 0.3) is 0 Å². The molecule has 1 aliphatic heterocycles. The maximum Gasteiger partial charge on any atom is 0.326 e. The number of carbonyl (C=O) groups is 3. The number of carbonyl (C=O) groups excluding carboxylic acids is 2. The van der Waals surface area contributed by atoms with Crippen LogP contribution in [0.5, 0.6) is 0 Å². The molecule has 1 fully saturated rings. The van der Waals surface area contributed by atoms with E-state index in [1.807, 2.05) is 0 Å². The lowest BCUT2D eigenvalue weighted by Crippen LogP contribution is -2.49. The third-order valence-electron chi connectivity index (χ3n) is 4.44. The van der Waals surface area contributed by atoms with E-state index >= 15 is 0 Å². The lowest BCUT2D eigenvalue weighted by atomic mass is 9.95. The molecule has 0 bridgehead atoms. The molecule has 1 aliphatic rings. The van der Waals surface area contributed by atoms with Crippen LogP contribution in [0.4, 0.5) is 4.39 Å². The maximum absolute atomic E-state index is 13.0. The first-order valence-electron chi connectivity index (χ1n) is 8.61. The second-order valence-electron chi connectivity index (χ2n) is 6.36. The molecule has 2 amide bonds. The summed E-state index contributed by atoms with van der Waals surface area (Å²) in [4.78, 5) is 37.8. The summed E-state index contributed by atoms with van der Waals surface area (Å²) >= 11 is 0. The number of amides is 2. The second kappa shape index (κ2) is 9.12. The highest BCUT2D eigenvalue weighted by atomic mass is 19.1. The average molecular weight is 362 g/mol. The van der Waals surface area contributed by atoms with E-state index in [4.69, 9.17) is 0 Å². The first-order valence-corrected chi connectivity index (χ1v) is 8.61.